The Balaban J connectivity index is 1.90. The van der Waals surface area contributed by atoms with Gasteiger partial charge in [-0.05, 0) is 36.4 Å². The summed E-state index contributed by atoms with van der Waals surface area (Å²) >= 11 is 0. The lowest BCUT2D eigenvalue weighted by Gasteiger charge is -2.05. The number of nitrogens with one attached hydrogen (secondary N) is 1. The van der Waals surface area contributed by atoms with Crippen LogP contribution in [-0.2, 0) is 0 Å². The lowest BCUT2D eigenvalue weighted by atomic mass is 10.2. The van der Waals surface area contributed by atoms with Gasteiger partial charge in [0.25, 0.3) is 5.56 Å². The summed E-state index contributed by atoms with van der Waals surface area (Å²) in [4.78, 5) is 36.5. The Morgan fingerprint density at radius 1 is 1.00 bits per heavy atom. The second-order valence-electron chi connectivity index (χ2n) is 5.69. The van der Waals surface area contributed by atoms with Crippen molar-refractivity contribution < 1.29 is 0 Å². The molecule has 0 atom stereocenters. The second kappa shape index (κ2) is 4.88. The van der Waals surface area contributed by atoms with Crippen LogP contribution in [0.15, 0.2) is 70.5 Å². The summed E-state index contributed by atoms with van der Waals surface area (Å²) < 4.78 is 2.82. The molecule has 0 saturated heterocycles. The van der Waals surface area contributed by atoms with E-state index < -0.39 is 5.69 Å². The zero-order valence-corrected chi connectivity index (χ0v) is 12.9. The lowest BCUT2D eigenvalue weighted by molar-refractivity contribution is 1.000. The molecule has 25 heavy (non-hydrogen) atoms. The van der Waals surface area contributed by atoms with Gasteiger partial charge in [0, 0.05) is 17.8 Å². The minimum atomic E-state index is -0.404. The molecule has 0 amide bonds. The lowest BCUT2D eigenvalue weighted by Crippen LogP contribution is -2.15. The topological polar surface area (TPSA) is 85.0 Å². The van der Waals surface area contributed by atoms with Gasteiger partial charge >= 0.3 is 5.69 Å². The van der Waals surface area contributed by atoms with Gasteiger partial charge in [-0.15, -0.1) is 0 Å². The fourth-order valence-corrected chi connectivity index (χ4v) is 3.05. The molecule has 4 heterocycles. The fraction of sp³-hybridized carbons (Fsp3) is 0. The van der Waals surface area contributed by atoms with Gasteiger partial charge in [-0.25, -0.2) is 14.3 Å². The highest BCUT2D eigenvalue weighted by Crippen LogP contribution is 2.18. The Labute approximate surface area is 139 Å². The highest BCUT2D eigenvalue weighted by atomic mass is 16.2. The zero-order chi connectivity index (χ0) is 17.0. The van der Waals surface area contributed by atoms with E-state index in [2.05, 4.69) is 15.0 Å². The van der Waals surface area contributed by atoms with E-state index in [9.17, 15) is 9.59 Å². The molecule has 1 N–H and O–H groups in total. The number of nitrogens with zero attached hydrogens (tertiary/aromatic N) is 4. The average Bonchev–Trinajstić information content (AvgIpc) is 2.98. The smallest absolute Gasteiger partial charge is 0.299 e. The maximum absolute atomic E-state index is 12.6. The SMILES string of the molecule is O=c1[nH]c2c(=O)n3ccccc3nc2n1-c1ccc2ncccc2c1. The molecule has 4 aromatic heterocycles. The van der Waals surface area contributed by atoms with Crippen molar-refractivity contribution in [3.05, 3.63) is 81.8 Å². The summed E-state index contributed by atoms with van der Waals surface area (Å²) in [5.41, 5.74) is 1.72. The third-order valence-electron chi connectivity index (χ3n) is 4.21. The molecule has 5 rings (SSSR count). The number of imidazole rings is 1. The predicted molar refractivity (Wildman–Crippen MR) is 94.2 cm³/mol. The highest BCUT2D eigenvalue weighted by molar-refractivity contribution is 5.82. The molecule has 0 fully saturated rings. The molecule has 1 aromatic carbocycles. The third-order valence-corrected chi connectivity index (χ3v) is 4.21. The zero-order valence-electron chi connectivity index (χ0n) is 12.9. The van der Waals surface area contributed by atoms with Gasteiger partial charge < -0.3 is 0 Å². The van der Waals surface area contributed by atoms with Crippen molar-refractivity contribution in [1.82, 2.24) is 23.9 Å². The molecule has 0 spiro atoms. The second-order valence-corrected chi connectivity index (χ2v) is 5.69. The van der Waals surface area contributed by atoms with E-state index in [1.807, 2.05) is 24.3 Å². The normalized spacial score (nSPS) is 11.5. The number of aromatic nitrogens is 5. The maximum Gasteiger partial charge on any atom is 0.332 e. The van der Waals surface area contributed by atoms with E-state index in [1.165, 1.54) is 8.97 Å². The molecule has 0 saturated carbocycles. The summed E-state index contributed by atoms with van der Waals surface area (Å²) in [6.07, 6.45) is 3.34. The van der Waals surface area contributed by atoms with Crippen LogP contribution in [0.2, 0.25) is 0 Å². The summed E-state index contributed by atoms with van der Waals surface area (Å²) in [5, 5.41) is 0.902. The van der Waals surface area contributed by atoms with E-state index in [-0.39, 0.29) is 11.1 Å². The first-order valence-electron chi connectivity index (χ1n) is 7.70. The molecule has 7 heteroatoms. The maximum atomic E-state index is 12.6. The number of aromatic amines is 1. The molecule has 0 radical (unpaired) electrons. The number of fused-ring (bicyclic) bond motifs is 3. The van der Waals surface area contributed by atoms with Crippen LogP contribution in [0, 0.1) is 0 Å². The number of hydrogen-bond donors (Lipinski definition) is 1. The Hall–Kier alpha value is -3.74. The predicted octanol–water partition coefficient (Wildman–Crippen LogP) is 1.87. The van der Waals surface area contributed by atoms with Crippen molar-refractivity contribution in [2.24, 2.45) is 0 Å². The summed E-state index contributed by atoms with van der Waals surface area (Å²) in [6, 6.07) is 14.5. The first kappa shape index (κ1) is 13.7. The van der Waals surface area contributed by atoms with Crippen LogP contribution in [-0.4, -0.2) is 23.9 Å². The van der Waals surface area contributed by atoms with Gasteiger partial charge in [0.05, 0.1) is 11.2 Å². The van der Waals surface area contributed by atoms with Gasteiger partial charge in [-0.2, -0.15) is 0 Å². The van der Waals surface area contributed by atoms with Crippen LogP contribution in [0.5, 0.6) is 0 Å². The van der Waals surface area contributed by atoms with Crippen LogP contribution in [0.4, 0.5) is 0 Å². The van der Waals surface area contributed by atoms with Crippen molar-refractivity contribution in [2.75, 3.05) is 0 Å². The molecular weight excluding hydrogens is 318 g/mol. The van der Waals surface area contributed by atoms with E-state index >= 15 is 0 Å². The monoisotopic (exact) mass is 329 g/mol. The Bertz CT molecular complexity index is 1390. The number of rotatable bonds is 1. The van der Waals surface area contributed by atoms with Gasteiger partial charge in [-0.1, -0.05) is 12.1 Å². The van der Waals surface area contributed by atoms with E-state index in [0.717, 1.165) is 10.9 Å². The van der Waals surface area contributed by atoms with E-state index in [4.69, 9.17) is 0 Å². The molecule has 0 bridgehead atoms. The summed E-state index contributed by atoms with van der Waals surface area (Å²) in [6.45, 7) is 0. The van der Waals surface area contributed by atoms with Crippen molar-refractivity contribution in [1.29, 1.82) is 0 Å². The van der Waals surface area contributed by atoms with Gasteiger partial charge in [0.1, 0.15) is 5.65 Å². The summed E-state index contributed by atoms with van der Waals surface area (Å²) in [5.74, 6) is 0. The van der Waals surface area contributed by atoms with Crippen LogP contribution < -0.4 is 11.2 Å². The quantitative estimate of drug-likeness (QED) is 0.509. The Kier molecular flexibility index (Phi) is 2.67. The Morgan fingerprint density at radius 3 is 2.84 bits per heavy atom. The van der Waals surface area contributed by atoms with E-state index in [1.54, 1.807) is 36.7 Å². The first-order chi connectivity index (χ1) is 12.2. The number of H-pyrrole nitrogens is 1. The van der Waals surface area contributed by atoms with Crippen molar-refractivity contribution in [2.45, 2.75) is 0 Å². The third kappa shape index (κ3) is 1.92. The standard InChI is InChI=1S/C18H11N5O2/c24-17-15-16(20-14-5-1-2-9-22(14)17)23(18(25)21-15)12-6-7-13-11(10-12)4-3-8-19-13/h1-10H,(H,21,25). The van der Waals surface area contributed by atoms with Crippen molar-refractivity contribution >= 4 is 27.7 Å². The van der Waals surface area contributed by atoms with Crippen molar-refractivity contribution in [3.8, 4) is 5.69 Å². The molecule has 0 aliphatic carbocycles. The largest absolute Gasteiger partial charge is 0.332 e. The summed E-state index contributed by atoms with van der Waals surface area (Å²) in [7, 11) is 0. The van der Waals surface area contributed by atoms with Crippen molar-refractivity contribution in [3.63, 3.8) is 0 Å². The fourth-order valence-electron chi connectivity index (χ4n) is 3.05. The number of pyridine rings is 2. The van der Waals surface area contributed by atoms with Gasteiger partial charge in [0.15, 0.2) is 11.2 Å². The molecule has 0 aliphatic heterocycles. The molecule has 5 aromatic rings. The van der Waals surface area contributed by atoms with Crippen LogP contribution in [0.25, 0.3) is 33.4 Å². The number of benzene rings is 1. The molecule has 120 valence electrons. The molecule has 0 aliphatic rings. The minimum absolute atomic E-state index is 0.181. The van der Waals surface area contributed by atoms with Crippen LogP contribution in [0.1, 0.15) is 0 Å². The minimum Gasteiger partial charge on any atom is -0.299 e. The van der Waals surface area contributed by atoms with Gasteiger partial charge in [0.2, 0.25) is 0 Å². The highest BCUT2D eigenvalue weighted by Gasteiger charge is 2.15. The first-order valence-corrected chi connectivity index (χ1v) is 7.70. The molecule has 0 unspecified atom stereocenters. The van der Waals surface area contributed by atoms with Crippen LogP contribution in [0.3, 0.4) is 0 Å². The van der Waals surface area contributed by atoms with Gasteiger partial charge in [-0.3, -0.25) is 19.2 Å². The van der Waals surface area contributed by atoms with Crippen LogP contribution >= 0.6 is 0 Å². The Morgan fingerprint density at radius 2 is 1.92 bits per heavy atom. The molecular formula is C18H11N5O2. The number of hydrogen-bond acceptors (Lipinski definition) is 4. The molecule has 7 nitrogen and oxygen atoms in total. The average molecular weight is 329 g/mol. The van der Waals surface area contributed by atoms with E-state index in [0.29, 0.717) is 17.0 Å².